The van der Waals surface area contributed by atoms with E-state index in [2.05, 4.69) is 59.2 Å². The maximum Gasteiger partial charge on any atom is 0.0481 e. The van der Waals surface area contributed by atoms with Crippen LogP contribution in [0.15, 0.2) is 30.5 Å². The quantitative estimate of drug-likeness (QED) is 0.902. The molecule has 2 heterocycles. The minimum atomic E-state index is 0.646. The van der Waals surface area contributed by atoms with E-state index in [1.165, 1.54) is 42.4 Å². The molecule has 1 aliphatic rings. The third-order valence-electron chi connectivity index (χ3n) is 4.50. The molecule has 1 unspecified atom stereocenters. The summed E-state index contributed by atoms with van der Waals surface area (Å²) in [6.07, 6.45) is 4.99. The fourth-order valence-electron chi connectivity index (χ4n) is 3.29. The second-order valence-corrected chi connectivity index (χ2v) is 6.01. The van der Waals surface area contributed by atoms with Gasteiger partial charge < -0.3 is 9.88 Å². The third kappa shape index (κ3) is 2.74. The first kappa shape index (κ1) is 13.7. The first-order valence-electron chi connectivity index (χ1n) is 7.73. The van der Waals surface area contributed by atoms with Crippen molar-refractivity contribution < 1.29 is 0 Å². The van der Waals surface area contributed by atoms with Crippen molar-refractivity contribution in [2.75, 3.05) is 19.6 Å². The second kappa shape index (κ2) is 5.98. The van der Waals surface area contributed by atoms with E-state index in [1.54, 1.807) is 0 Å². The first-order chi connectivity index (χ1) is 9.75. The second-order valence-electron chi connectivity index (χ2n) is 6.01. The summed E-state index contributed by atoms with van der Waals surface area (Å²) in [5.74, 6) is 0. The predicted octanol–water partition coefficient (Wildman–Crippen LogP) is 2.75. The molecule has 108 valence electrons. The Balaban J connectivity index is 1.60. The van der Waals surface area contributed by atoms with Crippen LogP contribution in [-0.2, 0) is 13.6 Å². The summed E-state index contributed by atoms with van der Waals surface area (Å²) in [6, 6.07) is 9.28. The van der Waals surface area contributed by atoms with Gasteiger partial charge in [0.25, 0.3) is 0 Å². The lowest BCUT2D eigenvalue weighted by Crippen LogP contribution is -2.38. The molecule has 0 bridgehead atoms. The van der Waals surface area contributed by atoms with E-state index in [0.717, 1.165) is 13.1 Å². The molecule has 1 N–H and O–H groups in total. The number of benzene rings is 1. The van der Waals surface area contributed by atoms with Crippen molar-refractivity contribution in [2.45, 2.75) is 32.4 Å². The molecule has 1 atom stereocenters. The van der Waals surface area contributed by atoms with E-state index in [4.69, 9.17) is 0 Å². The molecule has 1 aromatic heterocycles. The van der Waals surface area contributed by atoms with Crippen LogP contribution in [0.4, 0.5) is 0 Å². The summed E-state index contributed by atoms with van der Waals surface area (Å²) < 4.78 is 2.22. The largest absolute Gasteiger partial charge is 0.350 e. The molecule has 1 saturated heterocycles. The summed E-state index contributed by atoms with van der Waals surface area (Å²) in [7, 11) is 2.12. The van der Waals surface area contributed by atoms with Gasteiger partial charge in [0.15, 0.2) is 0 Å². The molecule has 0 spiro atoms. The van der Waals surface area contributed by atoms with Gasteiger partial charge in [0, 0.05) is 43.3 Å². The molecular formula is C17H25N3. The maximum absolute atomic E-state index is 3.63. The minimum absolute atomic E-state index is 0.646. The Bertz CT molecular complexity index is 567. The Labute approximate surface area is 121 Å². The van der Waals surface area contributed by atoms with Crippen LogP contribution in [-0.4, -0.2) is 35.1 Å². The zero-order chi connectivity index (χ0) is 13.9. The standard InChI is InChI=1S/C17H25N3/c1-14(20-9-5-6-10-20)11-18-12-15-13-19(2)17-8-4-3-7-16(15)17/h3-4,7-8,13-14,18H,5-6,9-12H2,1-2H3. The minimum Gasteiger partial charge on any atom is -0.350 e. The normalized spacial score (nSPS) is 17.9. The summed E-state index contributed by atoms with van der Waals surface area (Å²) in [5.41, 5.74) is 2.72. The van der Waals surface area contributed by atoms with Gasteiger partial charge in [-0.1, -0.05) is 18.2 Å². The summed E-state index contributed by atoms with van der Waals surface area (Å²) in [4.78, 5) is 2.59. The molecule has 2 aromatic rings. The Morgan fingerprint density at radius 2 is 1.95 bits per heavy atom. The monoisotopic (exact) mass is 271 g/mol. The Morgan fingerprint density at radius 1 is 1.20 bits per heavy atom. The number of aromatic nitrogens is 1. The highest BCUT2D eigenvalue weighted by molar-refractivity contribution is 5.83. The molecule has 0 amide bonds. The van der Waals surface area contributed by atoms with E-state index in [1.807, 2.05) is 0 Å². The number of nitrogens with zero attached hydrogens (tertiary/aromatic N) is 2. The number of hydrogen-bond donors (Lipinski definition) is 1. The highest BCUT2D eigenvalue weighted by Crippen LogP contribution is 2.20. The maximum atomic E-state index is 3.63. The summed E-state index contributed by atoms with van der Waals surface area (Å²) in [6.45, 7) is 6.92. The van der Waals surface area contributed by atoms with Crippen molar-refractivity contribution >= 4 is 10.9 Å². The zero-order valence-corrected chi connectivity index (χ0v) is 12.6. The van der Waals surface area contributed by atoms with E-state index < -0.39 is 0 Å². The fourth-order valence-corrected chi connectivity index (χ4v) is 3.29. The van der Waals surface area contributed by atoms with Crippen molar-refractivity contribution in [3.63, 3.8) is 0 Å². The SMILES string of the molecule is CC(CNCc1cn(C)c2ccccc12)N1CCCC1. The lowest BCUT2D eigenvalue weighted by molar-refractivity contribution is 0.252. The van der Waals surface area contributed by atoms with Gasteiger partial charge in [-0.2, -0.15) is 0 Å². The molecule has 1 aromatic carbocycles. The van der Waals surface area contributed by atoms with Crippen molar-refractivity contribution in [1.82, 2.24) is 14.8 Å². The van der Waals surface area contributed by atoms with E-state index in [-0.39, 0.29) is 0 Å². The van der Waals surface area contributed by atoms with E-state index in [9.17, 15) is 0 Å². The van der Waals surface area contributed by atoms with Gasteiger partial charge in [-0.3, -0.25) is 4.90 Å². The first-order valence-corrected chi connectivity index (χ1v) is 7.73. The van der Waals surface area contributed by atoms with Gasteiger partial charge in [-0.15, -0.1) is 0 Å². The van der Waals surface area contributed by atoms with Crippen LogP contribution in [0.3, 0.4) is 0 Å². The fraction of sp³-hybridized carbons (Fsp3) is 0.529. The topological polar surface area (TPSA) is 20.2 Å². The molecule has 3 nitrogen and oxygen atoms in total. The lowest BCUT2D eigenvalue weighted by Gasteiger charge is -2.23. The van der Waals surface area contributed by atoms with Crippen LogP contribution < -0.4 is 5.32 Å². The molecular weight excluding hydrogens is 246 g/mol. The third-order valence-corrected chi connectivity index (χ3v) is 4.50. The van der Waals surface area contributed by atoms with Gasteiger partial charge in [0.05, 0.1) is 0 Å². The van der Waals surface area contributed by atoms with Gasteiger partial charge in [0.1, 0.15) is 0 Å². The molecule has 3 heteroatoms. The molecule has 0 aliphatic carbocycles. The van der Waals surface area contributed by atoms with Gasteiger partial charge >= 0.3 is 0 Å². The lowest BCUT2D eigenvalue weighted by atomic mass is 10.2. The van der Waals surface area contributed by atoms with Gasteiger partial charge in [-0.05, 0) is 44.5 Å². The van der Waals surface area contributed by atoms with Crippen molar-refractivity contribution in [3.8, 4) is 0 Å². The van der Waals surface area contributed by atoms with E-state index >= 15 is 0 Å². The van der Waals surface area contributed by atoms with Crippen LogP contribution in [0.5, 0.6) is 0 Å². The predicted molar refractivity (Wildman–Crippen MR) is 84.9 cm³/mol. The average Bonchev–Trinajstić information content (AvgIpc) is 3.09. The highest BCUT2D eigenvalue weighted by Gasteiger charge is 2.17. The van der Waals surface area contributed by atoms with Crippen LogP contribution in [0.25, 0.3) is 10.9 Å². The van der Waals surface area contributed by atoms with Crippen LogP contribution in [0.2, 0.25) is 0 Å². The number of nitrogens with one attached hydrogen (secondary N) is 1. The summed E-state index contributed by atoms with van der Waals surface area (Å²) >= 11 is 0. The Hall–Kier alpha value is -1.32. The number of rotatable bonds is 5. The molecule has 1 aliphatic heterocycles. The van der Waals surface area contributed by atoms with Crippen LogP contribution in [0.1, 0.15) is 25.3 Å². The van der Waals surface area contributed by atoms with Crippen molar-refractivity contribution in [2.24, 2.45) is 7.05 Å². The average molecular weight is 271 g/mol. The van der Waals surface area contributed by atoms with Gasteiger partial charge in [0.2, 0.25) is 0 Å². The van der Waals surface area contributed by atoms with E-state index in [0.29, 0.717) is 6.04 Å². The van der Waals surface area contributed by atoms with Crippen molar-refractivity contribution in [1.29, 1.82) is 0 Å². The number of para-hydroxylation sites is 1. The number of hydrogen-bond acceptors (Lipinski definition) is 2. The number of fused-ring (bicyclic) bond motifs is 1. The Morgan fingerprint density at radius 3 is 2.75 bits per heavy atom. The number of aryl methyl sites for hydroxylation is 1. The zero-order valence-electron chi connectivity index (χ0n) is 12.6. The molecule has 0 saturated carbocycles. The molecule has 3 rings (SSSR count). The summed E-state index contributed by atoms with van der Waals surface area (Å²) in [5, 5.41) is 5.00. The molecule has 20 heavy (non-hydrogen) atoms. The molecule has 0 radical (unpaired) electrons. The van der Waals surface area contributed by atoms with Crippen molar-refractivity contribution in [3.05, 3.63) is 36.0 Å². The van der Waals surface area contributed by atoms with Crippen LogP contribution in [0, 0.1) is 0 Å². The highest BCUT2D eigenvalue weighted by atomic mass is 15.2. The smallest absolute Gasteiger partial charge is 0.0481 e. The van der Waals surface area contributed by atoms with Crippen LogP contribution >= 0.6 is 0 Å². The number of likely N-dealkylation sites (tertiary alicyclic amines) is 1. The Kier molecular flexibility index (Phi) is 4.08. The van der Waals surface area contributed by atoms with Gasteiger partial charge in [-0.25, -0.2) is 0 Å². The molecule has 1 fully saturated rings.